The molecule has 1 heteroatoms. The molecule has 0 bridgehead atoms. The third-order valence-corrected chi connectivity index (χ3v) is 3.13. The van der Waals surface area contributed by atoms with Gasteiger partial charge in [-0.3, -0.25) is 0 Å². The van der Waals surface area contributed by atoms with Crippen molar-refractivity contribution in [3.63, 3.8) is 0 Å². The van der Waals surface area contributed by atoms with Gasteiger partial charge in [0.1, 0.15) is 0 Å². The van der Waals surface area contributed by atoms with Gasteiger partial charge in [-0.2, -0.15) is 0 Å². The molecule has 66 valence electrons. The Morgan fingerprint density at radius 2 is 1.73 bits per heavy atom. The Kier molecular flexibility index (Phi) is 2.29. The molecule has 1 fully saturated rings. The van der Waals surface area contributed by atoms with Gasteiger partial charge in [0.25, 0.3) is 0 Å². The maximum Gasteiger partial charge on any atom is 0.0568 e. The maximum atomic E-state index is 9.53. The Bertz CT molecular complexity index is 134. The van der Waals surface area contributed by atoms with Crippen molar-refractivity contribution in [1.82, 2.24) is 0 Å². The lowest BCUT2D eigenvalue weighted by Gasteiger charge is -2.31. The molecule has 1 aliphatic carbocycles. The third-order valence-electron chi connectivity index (χ3n) is 3.13. The molecule has 0 heterocycles. The first-order valence-electron chi connectivity index (χ1n) is 4.61. The van der Waals surface area contributed by atoms with E-state index < -0.39 is 0 Å². The zero-order valence-electron chi connectivity index (χ0n) is 8.09. The van der Waals surface area contributed by atoms with Crippen LogP contribution >= 0.6 is 0 Å². The fourth-order valence-electron chi connectivity index (χ4n) is 2.37. The van der Waals surface area contributed by atoms with Crippen molar-refractivity contribution in [2.24, 2.45) is 17.3 Å². The number of aliphatic hydroxyl groups excluding tert-OH is 1. The summed E-state index contributed by atoms with van der Waals surface area (Å²) in [6.07, 6.45) is 2.16. The first-order valence-corrected chi connectivity index (χ1v) is 4.61. The van der Waals surface area contributed by atoms with Crippen LogP contribution in [0.2, 0.25) is 0 Å². The van der Waals surface area contributed by atoms with Gasteiger partial charge in [-0.25, -0.2) is 0 Å². The van der Waals surface area contributed by atoms with Crippen LogP contribution in [0, 0.1) is 17.3 Å². The lowest BCUT2D eigenvalue weighted by molar-refractivity contribution is 0.0958. The molecule has 0 aliphatic heterocycles. The lowest BCUT2D eigenvalue weighted by atomic mass is 9.75. The standard InChI is InChI=1S/C10H20O/c1-7-8(10(2,3)4)5-6-9(7)11/h7-9,11H,5-6H2,1-4H3/t7-,8+,9+/m0/s1. The Morgan fingerprint density at radius 3 is 1.91 bits per heavy atom. The minimum atomic E-state index is -0.0424. The Morgan fingerprint density at radius 1 is 1.18 bits per heavy atom. The van der Waals surface area contributed by atoms with Crippen LogP contribution in [-0.2, 0) is 0 Å². The van der Waals surface area contributed by atoms with Crippen LogP contribution in [0.1, 0.15) is 40.5 Å². The van der Waals surface area contributed by atoms with Crippen molar-refractivity contribution in [3.05, 3.63) is 0 Å². The summed E-state index contributed by atoms with van der Waals surface area (Å²) in [6.45, 7) is 8.98. The van der Waals surface area contributed by atoms with Crippen LogP contribution in [0.25, 0.3) is 0 Å². The van der Waals surface area contributed by atoms with Crippen molar-refractivity contribution < 1.29 is 5.11 Å². The summed E-state index contributed by atoms with van der Waals surface area (Å²) < 4.78 is 0. The summed E-state index contributed by atoms with van der Waals surface area (Å²) in [5, 5.41) is 9.53. The smallest absolute Gasteiger partial charge is 0.0568 e. The van der Waals surface area contributed by atoms with E-state index in [-0.39, 0.29) is 6.10 Å². The molecular weight excluding hydrogens is 136 g/mol. The summed E-state index contributed by atoms with van der Waals surface area (Å²) in [6, 6.07) is 0. The summed E-state index contributed by atoms with van der Waals surface area (Å²) >= 11 is 0. The van der Waals surface area contributed by atoms with Gasteiger partial charge in [-0.05, 0) is 30.1 Å². The molecule has 0 unspecified atom stereocenters. The zero-order valence-corrected chi connectivity index (χ0v) is 8.09. The molecule has 0 aromatic carbocycles. The van der Waals surface area contributed by atoms with E-state index in [1.807, 2.05) is 0 Å². The highest BCUT2D eigenvalue weighted by atomic mass is 16.3. The van der Waals surface area contributed by atoms with Crippen LogP contribution in [0.3, 0.4) is 0 Å². The van der Waals surface area contributed by atoms with E-state index in [2.05, 4.69) is 27.7 Å². The van der Waals surface area contributed by atoms with E-state index in [9.17, 15) is 5.11 Å². The fourth-order valence-corrected chi connectivity index (χ4v) is 2.37. The van der Waals surface area contributed by atoms with Crippen LogP contribution in [0.4, 0.5) is 0 Å². The number of hydrogen-bond donors (Lipinski definition) is 1. The van der Waals surface area contributed by atoms with Crippen LogP contribution in [-0.4, -0.2) is 11.2 Å². The van der Waals surface area contributed by atoms with E-state index in [4.69, 9.17) is 0 Å². The van der Waals surface area contributed by atoms with E-state index in [1.165, 1.54) is 6.42 Å². The predicted octanol–water partition coefficient (Wildman–Crippen LogP) is 2.44. The first-order chi connectivity index (χ1) is 4.93. The molecule has 0 aromatic rings. The molecular formula is C10H20O. The molecule has 0 saturated heterocycles. The second-order valence-corrected chi connectivity index (χ2v) is 4.98. The average Bonchev–Trinajstić information content (AvgIpc) is 2.11. The van der Waals surface area contributed by atoms with Crippen LogP contribution in [0.15, 0.2) is 0 Å². The molecule has 11 heavy (non-hydrogen) atoms. The molecule has 1 saturated carbocycles. The second kappa shape index (κ2) is 2.78. The molecule has 1 rings (SSSR count). The summed E-state index contributed by atoms with van der Waals surface area (Å²) in [4.78, 5) is 0. The molecule has 0 radical (unpaired) electrons. The topological polar surface area (TPSA) is 20.2 Å². The Hall–Kier alpha value is -0.0400. The molecule has 3 atom stereocenters. The minimum Gasteiger partial charge on any atom is -0.393 e. The van der Waals surface area contributed by atoms with Gasteiger partial charge in [0, 0.05) is 0 Å². The third kappa shape index (κ3) is 1.76. The number of rotatable bonds is 0. The van der Waals surface area contributed by atoms with E-state index in [1.54, 1.807) is 0 Å². The highest BCUT2D eigenvalue weighted by Gasteiger charge is 2.38. The zero-order chi connectivity index (χ0) is 8.65. The number of hydrogen-bond acceptors (Lipinski definition) is 1. The summed E-state index contributed by atoms with van der Waals surface area (Å²) in [5.41, 5.74) is 0.372. The van der Waals surface area contributed by atoms with Crippen LogP contribution < -0.4 is 0 Å². The molecule has 0 aromatic heterocycles. The van der Waals surface area contributed by atoms with Gasteiger partial charge in [0.2, 0.25) is 0 Å². The minimum absolute atomic E-state index is 0.0424. The largest absolute Gasteiger partial charge is 0.393 e. The fraction of sp³-hybridized carbons (Fsp3) is 1.00. The number of aliphatic hydroxyl groups is 1. The van der Waals surface area contributed by atoms with Crippen molar-refractivity contribution in [3.8, 4) is 0 Å². The lowest BCUT2D eigenvalue weighted by Crippen LogP contribution is -2.26. The van der Waals surface area contributed by atoms with Gasteiger partial charge in [0.05, 0.1) is 6.10 Å². The van der Waals surface area contributed by atoms with E-state index in [0.29, 0.717) is 17.3 Å². The molecule has 0 spiro atoms. The van der Waals surface area contributed by atoms with Crippen molar-refractivity contribution >= 4 is 0 Å². The average molecular weight is 156 g/mol. The van der Waals surface area contributed by atoms with Gasteiger partial charge in [-0.15, -0.1) is 0 Å². The van der Waals surface area contributed by atoms with Crippen molar-refractivity contribution in [2.45, 2.75) is 46.6 Å². The normalized spacial score (nSPS) is 39.5. The van der Waals surface area contributed by atoms with Crippen LogP contribution in [0.5, 0.6) is 0 Å². The first kappa shape index (κ1) is 9.05. The molecule has 1 N–H and O–H groups in total. The summed E-state index contributed by atoms with van der Waals surface area (Å²) in [5.74, 6) is 1.20. The maximum absolute atomic E-state index is 9.53. The van der Waals surface area contributed by atoms with Gasteiger partial charge in [-0.1, -0.05) is 27.7 Å². The van der Waals surface area contributed by atoms with Gasteiger partial charge < -0.3 is 5.11 Å². The van der Waals surface area contributed by atoms with E-state index >= 15 is 0 Å². The monoisotopic (exact) mass is 156 g/mol. The van der Waals surface area contributed by atoms with Crippen molar-refractivity contribution in [2.75, 3.05) is 0 Å². The van der Waals surface area contributed by atoms with Gasteiger partial charge >= 0.3 is 0 Å². The summed E-state index contributed by atoms with van der Waals surface area (Å²) in [7, 11) is 0. The van der Waals surface area contributed by atoms with Gasteiger partial charge in [0.15, 0.2) is 0 Å². The Labute approximate surface area is 69.8 Å². The predicted molar refractivity (Wildman–Crippen MR) is 47.3 cm³/mol. The highest BCUT2D eigenvalue weighted by molar-refractivity contribution is 4.88. The quantitative estimate of drug-likeness (QED) is 0.571. The van der Waals surface area contributed by atoms with E-state index in [0.717, 1.165) is 6.42 Å². The van der Waals surface area contributed by atoms with Crippen molar-refractivity contribution in [1.29, 1.82) is 0 Å². The second-order valence-electron chi connectivity index (χ2n) is 4.98. The SMILES string of the molecule is C[C@@H]1[C@H](O)CC[C@H]1C(C)(C)C. The molecule has 1 nitrogen and oxygen atoms in total. The highest BCUT2D eigenvalue weighted by Crippen LogP contribution is 2.43. The molecule has 1 aliphatic rings. The molecule has 0 amide bonds. The Balaban J connectivity index is 2.62.